The molecule has 0 aromatic heterocycles. The molecule has 0 amide bonds. The molecule has 1 aliphatic rings. The van der Waals surface area contributed by atoms with Crippen molar-refractivity contribution < 1.29 is 4.39 Å². The third-order valence-corrected chi connectivity index (χ3v) is 5.33. The zero-order chi connectivity index (χ0) is 17.1. The van der Waals surface area contributed by atoms with Crippen LogP contribution in [0.2, 0.25) is 0 Å². The topological polar surface area (TPSA) is 3.24 Å². The van der Waals surface area contributed by atoms with Crippen LogP contribution in [-0.2, 0) is 19.4 Å². The predicted octanol–water partition coefficient (Wildman–Crippen LogP) is 5.09. The van der Waals surface area contributed by atoms with E-state index >= 15 is 0 Å². The zero-order valence-corrected chi connectivity index (χ0v) is 15.0. The quantitative estimate of drug-likeness (QED) is 0.740. The van der Waals surface area contributed by atoms with Gasteiger partial charge in [-0.1, -0.05) is 63.2 Å². The van der Waals surface area contributed by atoms with Crippen molar-refractivity contribution in [2.75, 3.05) is 6.54 Å². The average molecular weight is 325 g/mol. The fourth-order valence-corrected chi connectivity index (χ4v) is 4.36. The first-order valence-electron chi connectivity index (χ1n) is 9.10. The van der Waals surface area contributed by atoms with Gasteiger partial charge in [-0.05, 0) is 41.9 Å². The van der Waals surface area contributed by atoms with Gasteiger partial charge in [-0.25, -0.2) is 4.39 Å². The summed E-state index contributed by atoms with van der Waals surface area (Å²) in [5.41, 5.74) is 3.48. The number of benzene rings is 2. The predicted molar refractivity (Wildman–Crippen MR) is 98.5 cm³/mol. The summed E-state index contributed by atoms with van der Waals surface area (Å²) in [6.45, 7) is 8.70. The highest BCUT2D eigenvalue weighted by atomic mass is 19.1. The number of nitrogens with zero attached hydrogens (tertiary/aromatic N) is 1. The van der Waals surface area contributed by atoms with Gasteiger partial charge in [0.15, 0.2) is 0 Å². The summed E-state index contributed by atoms with van der Waals surface area (Å²) in [4.78, 5) is 2.50. The van der Waals surface area contributed by atoms with Crippen LogP contribution >= 0.6 is 0 Å². The van der Waals surface area contributed by atoms with Gasteiger partial charge in [0.2, 0.25) is 0 Å². The van der Waals surface area contributed by atoms with E-state index in [2.05, 4.69) is 62.1 Å². The standard InChI is InChI=1S/C22H28FN/c1-16(2)22(17(3)14-18-8-5-4-6-9-18)24-13-12-19-10-7-11-21(23)20(19)15-24/h4-11,16-17,22H,12-15H2,1-3H3. The van der Waals surface area contributed by atoms with Crippen LogP contribution in [0.3, 0.4) is 0 Å². The van der Waals surface area contributed by atoms with E-state index in [0.29, 0.717) is 17.9 Å². The van der Waals surface area contributed by atoms with Crippen LogP contribution in [0.5, 0.6) is 0 Å². The van der Waals surface area contributed by atoms with Gasteiger partial charge in [-0.15, -0.1) is 0 Å². The van der Waals surface area contributed by atoms with E-state index in [-0.39, 0.29) is 5.82 Å². The lowest BCUT2D eigenvalue weighted by atomic mass is 9.84. The minimum atomic E-state index is -0.0459. The Morgan fingerprint density at radius 2 is 1.75 bits per heavy atom. The van der Waals surface area contributed by atoms with Crippen molar-refractivity contribution in [3.05, 3.63) is 71.0 Å². The molecule has 2 heteroatoms. The van der Waals surface area contributed by atoms with Gasteiger partial charge >= 0.3 is 0 Å². The van der Waals surface area contributed by atoms with Crippen LogP contribution in [0.25, 0.3) is 0 Å². The number of hydrogen-bond donors (Lipinski definition) is 0. The number of halogens is 1. The third kappa shape index (κ3) is 3.70. The summed E-state index contributed by atoms with van der Waals surface area (Å²) in [6.07, 6.45) is 2.03. The molecule has 0 radical (unpaired) electrons. The molecular formula is C22H28FN. The highest BCUT2D eigenvalue weighted by Gasteiger charge is 2.30. The molecule has 1 nitrogen and oxygen atoms in total. The SMILES string of the molecule is CC(C)C(C(C)Cc1ccccc1)N1CCc2cccc(F)c2C1. The molecule has 0 saturated carbocycles. The highest BCUT2D eigenvalue weighted by molar-refractivity contribution is 5.31. The Kier molecular flexibility index (Phi) is 5.35. The molecule has 1 heterocycles. The molecule has 2 aromatic rings. The molecule has 24 heavy (non-hydrogen) atoms. The Morgan fingerprint density at radius 3 is 2.46 bits per heavy atom. The van der Waals surface area contributed by atoms with Crippen LogP contribution in [0, 0.1) is 17.7 Å². The fourth-order valence-electron chi connectivity index (χ4n) is 4.36. The van der Waals surface area contributed by atoms with Crippen molar-refractivity contribution in [3.63, 3.8) is 0 Å². The van der Waals surface area contributed by atoms with E-state index in [1.165, 1.54) is 11.1 Å². The molecule has 128 valence electrons. The summed E-state index contributed by atoms with van der Waals surface area (Å²) in [6, 6.07) is 16.7. The van der Waals surface area contributed by atoms with Gasteiger partial charge in [-0.3, -0.25) is 4.90 Å². The Hall–Kier alpha value is -1.67. The lowest BCUT2D eigenvalue weighted by Gasteiger charge is -2.41. The second-order valence-corrected chi connectivity index (χ2v) is 7.50. The average Bonchev–Trinajstić information content (AvgIpc) is 2.56. The zero-order valence-electron chi connectivity index (χ0n) is 15.0. The van der Waals surface area contributed by atoms with Crippen molar-refractivity contribution in [2.24, 2.45) is 11.8 Å². The third-order valence-electron chi connectivity index (χ3n) is 5.33. The lowest BCUT2D eigenvalue weighted by molar-refractivity contribution is 0.0928. The van der Waals surface area contributed by atoms with Gasteiger partial charge in [-0.2, -0.15) is 0 Å². The number of rotatable bonds is 5. The minimum Gasteiger partial charge on any atom is -0.295 e. The largest absolute Gasteiger partial charge is 0.295 e. The van der Waals surface area contributed by atoms with Crippen molar-refractivity contribution in [1.82, 2.24) is 4.90 Å². The highest BCUT2D eigenvalue weighted by Crippen LogP contribution is 2.29. The fraction of sp³-hybridized carbons (Fsp3) is 0.455. The van der Waals surface area contributed by atoms with Crippen LogP contribution in [0.15, 0.2) is 48.5 Å². The second kappa shape index (κ2) is 7.48. The molecule has 0 bridgehead atoms. The Morgan fingerprint density at radius 1 is 1.00 bits per heavy atom. The van der Waals surface area contributed by atoms with Crippen molar-refractivity contribution in [3.8, 4) is 0 Å². The number of hydrogen-bond acceptors (Lipinski definition) is 1. The van der Waals surface area contributed by atoms with E-state index in [9.17, 15) is 4.39 Å². The van der Waals surface area contributed by atoms with Gasteiger partial charge < -0.3 is 0 Å². The maximum Gasteiger partial charge on any atom is 0.127 e. The first-order chi connectivity index (χ1) is 11.6. The summed E-state index contributed by atoms with van der Waals surface area (Å²) in [5.74, 6) is 1.05. The molecule has 2 unspecified atom stereocenters. The van der Waals surface area contributed by atoms with E-state index in [0.717, 1.165) is 31.5 Å². The first kappa shape index (κ1) is 17.2. The van der Waals surface area contributed by atoms with Crippen LogP contribution < -0.4 is 0 Å². The Balaban J connectivity index is 1.78. The molecule has 0 saturated heterocycles. The van der Waals surface area contributed by atoms with Gasteiger partial charge in [0.25, 0.3) is 0 Å². The molecule has 2 aromatic carbocycles. The minimum absolute atomic E-state index is 0.0459. The normalized spacial score (nSPS) is 17.5. The molecule has 0 fully saturated rings. The van der Waals surface area contributed by atoms with Crippen LogP contribution in [-0.4, -0.2) is 17.5 Å². The molecule has 1 aliphatic heterocycles. The van der Waals surface area contributed by atoms with E-state index in [1.54, 1.807) is 6.07 Å². The first-order valence-corrected chi connectivity index (χ1v) is 9.10. The summed E-state index contributed by atoms with van der Waals surface area (Å²) < 4.78 is 14.2. The lowest BCUT2D eigenvalue weighted by Crippen LogP contribution is -2.46. The van der Waals surface area contributed by atoms with E-state index in [1.807, 2.05) is 6.07 Å². The summed E-state index contributed by atoms with van der Waals surface area (Å²) >= 11 is 0. The number of fused-ring (bicyclic) bond motifs is 1. The van der Waals surface area contributed by atoms with Gasteiger partial charge in [0.1, 0.15) is 5.82 Å². The smallest absolute Gasteiger partial charge is 0.127 e. The molecular weight excluding hydrogens is 297 g/mol. The summed E-state index contributed by atoms with van der Waals surface area (Å²) in [5, 5.41) is 0. The Bertz CT molecular complexity index is 665. The van der Waals surface area contributed by atoms with Crippen LogP contribution in [0.1, 0.15) is 37.5 Å². The summed E-state index contributed by atoms with van der Waals surface area (Å²) in [7, 11) is 0. The molecule has 0 aliphatic carbocycles. The molecule has 3 rings (SSSR count). The maximum absolute atomic E-state index is 14.2. The monoisotopic (exact) mass is 325 g/mol. The van der Waals surface area contributed by atoms with Gasteiger partial charge in [0, 0.05) is 24.7 Å². The Labute approximate surface area is 145 Å². The van der Waals surface area contributed by atoms with Crippen LogP contribution in [0.4, 0.5) is 4.39 Å². The van der Waals surface area contributed by atoms with Gasteiger partial charge in [0.05, 0.1) is 0 Å². The second-order valence-electron chi connectivity index (χ2n) is 7.50. The van der Waals surface area contributed by atoms with Crippen molar-refractivity contribution in [2.45, 2.75) is 46.2 Å². The van der Waals surface area contributed by atoms with Crippen molar-refractivity contribution in [1.29, 1.82) is 0 Å². The maximum atomic E-state index is 14.2. The molecule has 2 atom stereocenters. The van der Waals surface area contributed by atoms with E-state index in [4.69, 9.17) is 0 Å². The molecule has 0 spiro atoms. The van der Waals surface area contributed by atoms with E-state index < -0.39 is 0 Å². The van der Waals surface area contributed by atoms with Crippen molar-refractivity contribution >= 4 is 0 Å². The molecule has 0 N–H and O–H groups in total.